The molecule has 0 aliphatic heterocycles. The first-order valence-corrected chi connectivity index (χ1v) is 9.30. The molecular formula is C19H11Cl3N2S. The summed E-state index contributed by atoms with van der Waals surface area (Å²) in [4.78, 5) is 1.06. The molecule has 0 saturated carbocycles. The van der Waals surface area contributed by atoms with E-state index in [4.69, 9.17) is 34.8 Å². The van der Waals surface area contributed by atoms with Crippen molar-refractivity contribution in [2.75, 3.05) is 0 Å². The number of hydrogen-bond donors (Lipinski definition) is 0. The van der Waals surface area contributed by atoms with Crippen LogP contribution >= 0.6 is 46.1 Å². The summed E-state index contributed by atoms with van der Waals surface area (Å²) in [5, 5.41) is 11.5. The molecule has 6 heteroatoms. The summed E-state index contributed by atoms with van der Waals surface area (Å²) in [6.45, 7) is 0.437. The van der Waals surface area contributed by atoms with E-state index in [1.165, 1.54) is 0 Å². The number of rotatable bonds is 3. The molecule has 0 N–H and O–H groups in total. The summed E-state index contributed by atoms with van der Waals surface area (Å²) in [5.41, 5.74) is 2.37. The van der Waals surface area contributed by atoms with Crippen LogP contribution in [0.4, 0.5) is 5.69 Å². The van der Waals surface area contributed by atoms with Crippen LogP contribution in [-0.2, 0) is 6.54 Å². The van der Waals surface area contributed by atoms with Crippen LogP contribution < -0.4 is 0 Å². The number of hydrogen-bond acceptors (Lipinski definition) is 3. The third-order valence-electron chi connectivity index (χ3n) is 3.16. The second kappa shape index (κ2) is 8.51. The molecule has 0 fully saturated rings. The van der Waals surface area contributed by atoms with Gasteiger partial charge < -0.3 is 0 Å². The van der Waals surface area contributed by atoms with Crippen molar-refractivity contribution >= 4 is 51.8 Å². The summed E-state index contributed by atoms with van der Waals surface area (Å²) in [6, 6.07) is 15.1. The predicted octanol–water partition coefficient (Wildman–Crippen LogP) is 7.39. The smallest absolute Gasteiger partial charge is 0.123 e. The highest BCUT2D eigenvalue weighted by Gasteiger charge is 2.07. The summed E-state index contributed by atoms with van der Waals surface area (Å²) < 4.78 is 0. The maximum Gasteiger partial charge on any atom is 0.123 e. The lowest BCUT2D eigenvalue weighted by atomic mass is 10.2. The molecule has 25 heavy (non-hydrogen) atoms. The lowest BCUT2D eigenvalue weighted by Gasteiger charge is -2.00. The van der Waals surface area contributed by atoms with Gasteiger partial charge in [0.1, 0.15) is 5.69 Å². The lowest BCUT2D eigenvalue weighted by Crippen LogP contribution is -1.75. The van der Waals surface area contributed by atoms with E-state index in [9.17, 15) is 0 Å². The van der Waals surface area contributed by atoms with Gasteiger partial charge >= 0.3 is 0 Å². The van der Waals surface area contributed by atoms with Gasteiger partial charge in [0, 0.05) is 26.4 Å². The minimum atomic E-state index is 0.377. The van der Waals surface area contributed by atoms with E-state index in [1.54, 1.807) is 23.5 Å². The largest absolute Gasteiger partial charge is 0.183 e. The van der Waals surface area contributed by atoms with Gasteiger partial charge in [-0.1, -0.05) is 64.8 Å². The van der Waals surface area contributed by atoms with Crippen molar-refractivity contribution in [3.05, 3.63) is 85.0 Å². The van der Waals surface area contributed by atoms with Gasteiger partial charge in [0.05, 0.1) is 16.6 Å². The second-order valence-corrected chi connectivity index (χ2v) is 7.28. The van der Waals surface area contributed by atoms with E-state index in [0.29, 0.717) is 27.3 Å². The Morgan fingerprint density at radius 1 is 0.880 bits per heavy atom. The van der Waals surface area contributed by atoms with Crippen LogP contribution in [0.5, 0.6) is 0 Å². The Labute approximate surface area is 165 Å². The zero-order valence-electron chi connectivity index (χ0n) is 12.8. The van der Waals surface area contributed by atoms with Crippen LogP contribution in [0.1, 0.15) is 16.0 Å². The zero-order chi connectivity index (χ0) is 17.6. The number of nitrogens with zero attached hydrogens (tertiary/aromatic N) is 2. The summed E-state index contributed by atoms with van der Waals surface area (Å²) in [7, 11) is 0. The van der Waals surface area contributed by atoms with Crippen molar-refractivity contribution in [3.63, 3.8) is 0 Å². The molecule has 1 aromatic heterocycles. The van der Waals surface area contributed by atoms with E-state index in [0.717, 1.165) is 16.0 Å². The first kappa shape index (κ1) is 18.0. The monoisotopic (exact) mass is 404 g/mol. The maximum absolute atomic E-state index is 6.08. The van der Waals surface area contributed by atoms with Crippen LogP contribution in [0.3, 0.4) is 0 Å². The van der Waals surface area contributed by atoms with Crippen LogP contribution in [0.2, 0.25) is 15.1 Å². The number of thiophene rings is 1. The zero-order valence-corrected chi connectivity index (χ0v) is 15.9. The molecule has 3 rings (SSSR count). The van der Waals surface area contributed by atoms with Crippen LogP contribution in [0.25, 0.3) is 0 Å². The average molecular weight is 406 g/mol. The topological polar surface area (TPSA) is 24.7 Å². The van der Waals surface area contributed by atoms with Crippen LogP contribution in [-0.4, -0.2) is 0 Å². The van der Waals surface area contributed by atoms with Crippen molar-refractivity contribution in [1.82, 2.24) is 0 Å². The molecule has 0 atom stereocenters. The Balaban J connectivity index is 1.67. The van der Waals surface area contributed by atoms with E-state index in [1.807, 2.05) is 41.8 Å². The van der Waals surface area contributed by atoms with Gasteiger partial charge in [-0.3, -0.25) is 0 Å². The summed E-state index contributed by atoms with van der Waals surface area (Å²) in [5.74, 6) is 6.28. The molecule has 124 valence electrons. The van der Waals surface area contributed by atoms with Gasteiger partial charge in [-0.2, -0.15) is 10.2 Å². The molecule has 0 amide bonds. The normalized spacial score (nSPS) is 10.7. The number of halogens is 3. The first-order chi connectivity index (χ1) is 12.1. The van der Waals surface area contributed by atoms with Crippen molar-refractivity contribution in [2.45, 2.75) is 6.54 Å². The van der Waals surface area contributed by atoms with E-state index in [-0.39, 0.29) is 0 Å². The van der Waals surface area contributed by atoms with Gasteiger partial charge in [0.2, 0.25) is 0 Å². The highest BCUT2D eigenvalue weighted by molar-refractivity contribution is 7.10. The highest BCUT2D eigenvalue weighted by atomic mass is 35.5. The summed E-state index contributed by atoms with van der Waals surface area (Å²) in [6.07, 6.45) is 0. The van der Waals surface area contributed by atoms with E-state index < -0.39 is 0 Å². The maximum atomic E-state index is 6.08. The molecule has 1 heterocycles. The molecule has 0 unspecified atom stereocenters. The molecule has 0 aliphatic rings. The first-order valence-electron chi connectivity index (χ1n) is 7.28. The molecule has 3 aromatic rings. The fraction of sp³-hybridized carbons (Fsp3) is 0.0526. The molecule has 0 saturated heterocycles. The van der Waals surface area contributed by atoms with E-state index >= 15 is 0 Å². The molecule has 2 nitrogen and oxygen atoms in total. The quantitative estimate of drug-likeness (QED) is 0.320. The Bertz CT molecular complexity index is 946. The summed E-state index contributed by atoms with van der Waals surface area (Å²) >= 11 is 19.6. The van der Waals surface area contributed by atoms with Crippen LogP contribution in [0, 0.1) is 11.8 Å². The molecular weight excluding hydrogens is 395 g/mol. The fourth-order valence-corrected chi connectivity index (χ4v) is 3.63. The van der Waals surface area contributed by atoms with Gasteiger partial charge in [0.15, 0.2) is 0 Å². The average Bonchev–Trinajstić information content (AvgIpc) is 3.04. The van der Waals surface area contributed by atoms with Crippen LogP contribution in [0.15, 0.2) is 64.1 Å². The minimum absolute atomic E-state index is 0.377. The Morgan fingerprint density at radius 3 is 2.28 bits per heavy atom. The molecule has 0 aliphatic carbocycles. The van der Waals surface area contributed by atoms with Gasteiger partial charge in [-0.05, 0) is 30.3 Å². The third kappa shape index (κ3) is 5.07. The van der Waals surface area contributed by atoms with Crippen molar-refractivity contribution in [1.29, 1.82) is 0 Å². The minimum Gasteiger partial charge on any atom is -0.183 e. The standard InChI is InChI=1S/C19H11Cl3N2S/c20-15-9-17(21)19(18(22)10-15)24-23-11-16-8-14(12-25-16)7-6-13-4-2-1-3-5-13/h1-5,8-10,12H,11H2. The SMILES string of the molecule is Clc1cc(Cl)c(N=NCc2cc(C#Cc3ccccc3)cs2)c(Cl)c1. The number of benzene rings is 2. The Morgan fingerprint density at radius 2 is 1.56 bits per heavy atom. The molecule has 0 spiro atoms. The van der Waals surface area contributed by atoms with E-state index in [2.05, 4.69) is 22.1 Å². The van der Waals surface area contributed by atoms with Gasteiger partial charge in [0.25, 0.3) is 0 Å². The van der Waals surface area contributed by atoms with Crippen molar-refractivity contribution in [2.24, 2.45) is 10.2 Å². The van der Waals surface area contributed by atoms with Gasteiger partial charge in [-0.25, -0.2) is 0 Å². The predicted molar refractivity (Wildman–Crippen MR) is 106 cm³/mol. The lowest BCUT2D eigenvalue weighted by molar-refractivity contribution is 0.979. The Hall–Kier alpha value is -1.83. The fourth-order valence-electron chi connectivity index (χ4n) is 2.00. The number of azo groups is 1. The third-order valence-corrected chi connectivity index (χ3v) is 4.87. The van der Waals surface area contributed by atoms with Gasteiger partial charge in [-0.15, -0.1) is 11.3 Å². The Kier molecular flexibility index (Phi) is 6.12. The highest BCUT2D eigenvalue weighted by Crippen LogP contribution is 2.36. The van der Waals surface area contributed by atoms with Crippen molar-refractivity contribution < 1.29 is 0 Å². The van der Waals surface area contributed by atoms with Crippen molar-refractivity contribution in [3.8, 4) is 11.8 Å². The molecule has 0 bridgehead atoms. The molecule has 2 aromatic carbocycles. The second-order valence-electron chi connectivity index (χ2n) is 5.04. The molecule has 0 radical (unpaired) electrons.